The molecule has 0 saturated carbocycles. The van der Waals surface area contributed by atoms with Crippen molar-refractivity contribution in [2.24, 2.45) is 5.10 Å². The molecule has 27 heavy (non-hydrogen) atoms. The maximum Gasteiger partial charge on any atom is 0.240 e. The summed E-state index contributed by atoms with van der Waals surface area (Å²) in [5, 5.41) is 4.28. The van der Waals surface area contributed by atoms with Crippen LogP contribution in [0.3, 0.4) is 0 Å². The molecule has 0 atom stereocenters. The van der Waals surface area contributed by atoms with Crippen LogP contribution in [0, 0.1) is 0 Å². The van der Waals surface area contributed by atoms with E-state index in [9.17, 15) is 4.79 Å². The van der Waals surface area contributed by atoms with Gasteiger partial charge in [0, 0.05) is 18.8 Å². The number of hydrogen-bond donors (Lipinski definition) is 1. The Kier molecular flexibility index (Phi) is 6.25. The lowest BCUT2D eigenvalue weighted by atomic mass is 10.1. The van der Waals surface area contributed by atoms with E-state index in [0.29, 0.717) is 29.9 Å². The van der Waals surface area contributed by atoms with Crippen LogP contribution in [0.4, 0.5) is 0 Å². The minimum atomic E-state index is -0.171. The Bertz CT molecular complexity index is 853. The molecular formula is C21H20N4O2. The summed E-state index contributed by atoms with van der Waals surface area (Å²) in [5.74, 6) is 0.623. The molecule has 0 bridgehead atoms. The van der Waals surface area contributed by atoms with Gasteiger partial charge in [0.15, 0.2) is 0 Å². The Hall–Kier alpha value is -3.54. The number of nitrogens with one attached hydrogen (secondary N) is 1. The van der Waals surface area contributed by atoms with Gasteiger partial charge >= 0.3 is 0 Å². The van der Waals surface area contributed by atoms with E-state index in [1.165, 1.54) is 0 Å². The van der Waals surface area contributed by atoms with Crippen LogP contribution in [0.25, 0.3) is 0 Å². The predicted molar refractivity (Wildman–Crippen MR) is 104 cm³/mol. The third-order valence-corrected chi connectivity index (χ3v) is 3.91. The third-order valence-electron chi connectivity index (χ3n) is 3.91. The zero-order valence-corrected chi connectivity index (χ0v) is 15.0. The number of carbonyl (C=O) groups is 1. The standard InChI is InChI=1S/C21H20N4O2/c1-27-17-11-8-16(9-12-17)10-13-20(26)24-25-21(18-6-2-4-14-22-18)19-7-3-5-15-23-19/h2-9,11-12,14-15H,10,13H2,1H3,(H,24,26). The number of aryl methyl sites for hydroxylation is 1. The Morgan fingerprint density at radius 2 is 1.59 bits per heavy atom. The van der Waals surface area contributed by atoms with Gasteiger partial charge in [-0.2, -0.15) is 5.10 Å². The fraction of sp³-hybridized carbons (Fsp3) is 0.143. The summed E-state index contributed by atoms with van der Waals surface area (Å²) < 4.78 is 5.13. The van der Waals surface area contributed by atoms with E-state index in [4.69, 9.17) is 4.74 Å². The largest absolute Gasteiger partial charge is 0.497 e. The maximum atomic E-state index is 12.2. The van der Waals surface area contributed by atoms with Crippen LogP contribution >= 0.6 is 0 Å². The van der Waals surface area contributed by atoms with Crippen LogP contribution in [-0.4, -0.2) is 28.7 Å². The molecule has 2 aromatic heterocycles. The number of pyridine rings is 2. The molecular weight excluding hydrogens is 340 g/mol. The summed E-state index contributed by atoms with van der Waals surface area (Å²) in [6, 6.07) is 18.7. The maximum absolute atomic E-state index is 12.2. The van der Waals surface area contributed by atoms with Crippen LogP contribution in [-0.2, 0) is 11.2 Å². The van der Waals surface area contributed by atoms with Crippen LogP contribution in [0.15, 0.2) is 78.2 Å². The number of carbonyl (C=O) groups excluding carboxylic acids is 1. The molecule has 1 N–H and O–H groups in total. The van der Waals surface area contributed by atoms with E-state index in [0.717, 1.165) is 11.3 Å². The van der Waals surface area contributed by atoms with Crippen LogP contribution < -0.4 is 10.2 Å². The first kappa shape index (κ1) is 18.3. The molecule has 0 saturated heterocycles. The number of hydrogen-bond acceptors (Lipinski definition) is 5. The molecule has 3 rings (SSSR count). The van der Waals surface area contributed by atoms with Crippen LogP contribution in [0.5, 0.6) is 5.75 Å². The molecule has 6 heteroatoms. The van der Waals surface area contributed by atoms with Crippen molar-refractivity contribution in [1.29, 1.82) is 0 Å². The van der Waals surface area contributed by atoms with Gasteiger partial charge in [-0.25, -0.2) is 5.43 Å². The number of methoxy groups -OCH3 is 1. The summed E-state index contributed by atoms with van der Waals surface area (Å²) in [6.07, 6.45) is 4.31. The smallest absolute Gasteiger partial charge is 0.240 e. The molecule has 0 spiro atoms. The van der Waals surface area contributed by atoms with Crippen molar-refractivity contribution in [3.05, 3.63) is 90.0 Å². The minimum Gasteiger partial charge on any atom is -0.497 e. The molecule has 2 heterocycles. The molecule has 136 valence electrons. The van der Waals surface area contributed by atoms with E-state index in [1.807, 2.05) is 60.7 Å². The number of ether oxygens (including phenoxy) is 1. The number of nitrogens with zero attached hydrogens (tertiary/aromatic N) is 3. The van der Waals surface area contributed by atoms with Crippen molar-refractivity contribution in [3.63, 3.8) is 0 Å². The highest BCUT2D eigenvalue weighted by Crippen LogP contribution is 2.12. The van der Waals surface area contributed by atoms with Gasteiger partial charge in [0.25, 0.3) is 0 Å². The van der Waals surface area contributed by atoms with Crippen molar-refractivity contribution >= 4 is 11.6 Å². The quantitative estimate of drug-likeness (QED) is 0.519. The van der Waals surface area contributed by atoms with Gasteiger partial charge in [0.2, 0.25) is 5.91 Å². The van der Waals surface area contributed by atoms with Gasteiger partial charge in [-0.3, -0.25) is 14.8 Å². The molecule has 0 aliphatic heterocycles. The van der Waals surface area contributed by atoms with E-state index >= 15 is 0 Å². The lowest BCUT2D eigenvalue weighted by Crippen LogP contribution is -2.21. The van der Waals surface area contributed by atoms with E-state index in [1.54, 1.807) is 19.5 Å². The Morgan fingerprint density at radius 3 is 2.11 bits per heavy atom. The number of benzene rings is 1. The average molecular weight is 360 g/mol. The Balaban J connectivity index is 1.67. The van der Waals surface area contributed by atoms with Gasteiger partial charge in [-0.1, -0.05) is 24.3 Å². The lowest BCUT2D eigenvalue weighted by Gasteiger charge is -2.07. The van der Waals surface area contributed by atoms with Gasteiger partial charge in [-0.15, -0.1) is 0 Å². The summed E-state index contributed by atoms with van der Waals surface area (Å²) in [6.45, 7) is 0. The summed E-state index contributed by atoms with van der Waals surface area (Å²) >= 11 is 0. The normalized spacial score (nSPS) is 10.1. The minimum absolute atomic E-state index is 0.171. The zero-order valence-electron chi connectivity index (χ0n) is 15.0. The molecule has 0 aliphatic rings. The Morgan fingerprint density at radius 1 is 0.963 bits per heavy atom. The van der Waals surface area contributed by atoms with E-state index in [2.05, 4.69) is 20.5 Å². The number of hydrazone groups is 1. The van der Waals surface area contributed by atoms with Gasteiger partial charge in [0.1, 0.15) is 11.5 Å². The van der Waals surface area contributed by atoms with Gasteiger partial charge in [0.05, 0.1) is 18.5 Å². The summed E-state index contributed by atoms with van der Waals surface area (Å²) in [5.41, 5.74) is 5.49. The molecule has 1 aromatic carbocycles. The van der Waals surface area contributed by atoms with Crippen molar-refractivity contribution in [2.75, 3.05) is 7.11 Å². The fourth-order valence-corrected chi connectivity index (χ4v) is 2.48. The van der Waals surface area contributed by atoms with Crippen molar-refractivity contribution < 1.29 is 9.53 Å². The number of aromatic nitrogens is 2. The number of rotatable bonds is 7. The lowest BCUT2D eigenvalue weighted by molar-refractivity contribution is -0.121. The third kappa shape index (κ3) is 5.22. The highest BCUT2D eigenvalue weighted by Gasteiger charge is 2.10. The molecule has 3 aromatic rings. The molecule has 6 nitrogen and oxygen atoms in total. The van der Waals surface area contributed by atoms with Crippen molar-refractivity contribution in [1.82, 2.24) is 15.4 Å². The highest BCUT2D eigenvalue weighted by molar-refractivity contribution is 6.10. The SMILES string of the molecule is COc1ccc(CCC(=O)NN=C(c2ccccn2)c2ccccn2)cc1. The first-order chi connectivity index (χ1) is 13.3. The van der Waals surface area contributed by atoms with E-state index < -0.39 is 0 Å². The average Bonchev–Trinajstić information content (AvgIpc) is 2.74. The second-order valence-corrected chi connectivity index (χ2v) is 5.77. The fourth-order valence-electron chi connectivity index (χ4n) is 2.48. The van der Waals surface area contributed by atoms with Gasteiger partial charge < -0.3 is 4.74 Å². The monoisotopic (exact) mass is 360 g/mol. The molecule has 0 fully saturated rings. The van der Waals surface area contributed by atoms with Crippen LogP contribution in [0.1, 0.15) is 23.4 Å². The molecule has 0 aliphatic carbocycles. The topological polar surface area (TPSA) is 76.5 Å². The second-order valence-electron chi connectivity index (χ2n) is 5.77. The highest BCUT2D eigenvalue weighted by atomic mass is 16.5. The Labute approximate surface area is 157 Å². The molecule has 0 unspecified atom stereocenters. The molecule has 1 amide bonds. The first-order valence-corrected chi connectivity index (χ1v) is 8.58. The van der Waals surface area contributed by atoms with Crippen molar-refractivity contribution in [2.45, 2.75) is 12.8 Å². The predicted octanol–water partition coefficient (Wildman–Crippen LogP) is 2.99. The summed E-state index contributed by atoms with van der Waals surface area (Å²) in [4.78, 5) is 20.8. The molecule has 0 radical (unpaired) electrons. The zero-order chi connectivity index (χ0) is 18.9. The summed E-state index contributed by atoms with van der Waals surface area (Å²) in [7, 11) is 1.63. The van der Waals surface area contributed by atoms with Crippen molar-refractivity contribution in [3.8, 4) is 5.75 Å². The van der Waals surface area contributed by atoms with Gasteiger partial charge in [-0.05, 0) is 48.4 Å². The second kappa shape index (κ2) is 9.24. The van der Waals surface area contributed by atoms with E-state index in [-0.39, 0.29) is 5.91 Å². The van der Waals surface area contributed by atoms with Crippen LogP contribution in [0.2, 0.25) is 0 Å². The number of amides is 1. The first-order valence-electron chi connectivity index (χ1n) is 8.58.